The summed E-state index contributed by atoms with van der Waals surface area (Å²) in [4.78, 5) is 12.6. The maximum Gasteiger partial charge on any atom is 0.387 e. The van der Waals surface area contributed by atoms with Crippen molar-refractivity contribution < 1.29 is 27.8 Å². The van der Waals surface area contributed by atoms with Gasteiger partial charge in [-0.15, -0.1) is 0 Å². The second-order valence-corrected chi connectivity index (χ2v) is 5.15. The number of alkyl halides is 2. The lowest BCUT2D eigenvalue weighted by atomic mass is 10.1. The molecule has 0 fully saturated rings. The first-order valence-corrected chi connectivity index (χ1v) is 7.53. The van der Waals surface area contributed by atoms with Crippen molar-refractivity contribution in [3.8, 4) is 17.2 Å². The largest absolute Gasteiger partial charge is 0.496 e. The minimum absolute atomic E-state index is 0.0404. The molecule has 2 aromatic carbocycles. The number of carbonyl (C=O) groups is 1. The standard InChI is InChI=1S/C18H19F2NO4/c1-11(12-7-4-5-9-14(12)23-2)21-17(22)13-8-6-10-15(24-3)16(13)25-18(19)20/h4-11,18H,1-3H3,(H,21,22). The van der Waals surface area contributed by atoms with Crippen LogP contribution in [-0.4, -0.2) is 26.7 Å². The number of nitrogens with one attached hydrogen (secondary N) is 1. The van der Waals surface area contributed by atoms with E-state index in [-0.39, 0.29) is 17.1 Å². The van der Waals surface area contributed by atoms with Crippen molar-refractivity contribution in [3.63, 3.8) is 0 Å². The lowest BCUT2D eigenvalue weighted by Crippen LogP contribution is -2.27. The van der Waals surface area contributed by atoms with Gasteiger partial charge in [0, 0.05) is 5.56 Å². The number of hydrogen-bond acceptors (Lipinski definition) is 4. The Morgan fingerprint density at radius 3 is 2.28 bits per heavy atom. The summed E-state index contributed by atoms with van der Waals surface area (Å²) in [6.45, 7) is -1.31. The van der Waals surface area contributed by atoms with Gasteiger partial charge < -0.3 is 19.5 Å². The van der Waals surface area contributed by atoms with Gasteiger partial charge in [-0.3, -0.25) is 4.79 Å². The van der Waals surface area contributed by atoms with Crippen molar-refractivity contribution in [1.82, 2.24) is 5.32 Å². The molecule has 0 saturated heterocycles. The van der Waals surface area contributed by atoms with Crippen LogP contribution < -0.4 is 19.5 Å². The van der Waals surface area contributed by atoms with Gasteiger partial charge in [0.05, 0.1) is 25.8 Å². The molecule has 0 saturated carbocycles. The number of halogens is 2. The van der Waals surface area contributed by atoms with E-state index < -0.39 is 18.6 Å². The van der Waals surface area contributed by atoms with Crippen molar-refractivity contribution in [3.05, 3.63) is 53.6 Å². The average Bonchev–Trinajstić information content (AvgIpc) is 2.61. The maximum absolute atomic E-state index is 12.7. The van der Waals surface area contributed by atoms with E-state index in [1.165, 1.54) is 32.4 Å². The molecule has 0 aliphatic heterocycles. The third kappa shape index (κ3) is 4.37. The van der Waals surface area contributed by atoms with E-state index in [1.807, 2.05) is 18.2 Å². The zero-order valence-corrected chi connectivity index (χ0v) is 14.1. The Morgan fingerprint density at radius 2 is 1.64 bits per heavy atom. The third-order valence-electron chi connectivity index (χ3n) is 3.60. The van der Waals surface area contributed by atoms with Gasteiger partial charge in [-0.1, -0.05) is 24.3 Å². The molecule has 1 amide bonds. The Bertz CT molecular complexity index is 737. The van der Waals surface area contributed by atoms with Gasteiger partial charge in [-0.05, 0) is 25.1 Å². The van der Waals surface area contributed by atoms with Crippen LogP contribution in [0.15, 0.2) is 42.5 Å². The fraction of sp³-hybridized carbons (Fsp3) is 0.278. The van der Waals surface area contributed by atoms with E-state index in [0.29, 0.717) is 5.75 Å². The SMILES string of the molecule is COc1ccccc1C(C)NC(=O)c1cccc(OC)c1OC(F)F. The second-order valence-electron chi connectivity index (χ2n) is 5.15. The maximum atomic E-state index is 12.7. The van der Waals surface area contributed by atoms with E-state index in [1.54, 1.807) is 13.0 Å². The van der Waals surface area contributed by atoms with Gasteiger partial charge in [0.25, 0.3) is 5.91 Å². The summed E-state index contributed by atoms with van der Waals surface area (Å²) in [6.07, 6.45) is 0. The van der Waals surface area contributed by atoms with Gasteiger partial charge >= 0.3 is 6.61 Å². The van der Waals surface area contributed by atoms with Crippen molar-refractivity contribution in [2.75, 3.05) is 14.2 Å². The smallest absolute Gasteiger partial charge is 0.387 e. The highest BCUT2D eigenvalue weighted by atomic mass is 19.3. The molecular formula is C18H19F2NO4. The Morgan fingerprint density at radius 1 is 1.00 bits per heavy atom. The van der Waals surface area contributed by atoms with Crippen molar-refractivity contribution in [2.45, 2.75) is 19.6 Å². The molecule has 2 rings (SSSR count). The van der Waals surface area contributed by atoms with Crippen LogP contribution in [-0.2, 0) is 0 Å². The highest BCUT2D eigenvalue weighted by molar-refractivity contribution is 5.98. The number of methoxy groups -OCH3 is 2. The van der Waals surface area contributed by atoms with Gasteiger partial charge in [-0.25, -0.2) is 0 Å². The average molecular weight is 351 g/mol. The summed E-state index contributed by atoms with van der Waals surface area (Å²) in [5.41, 5.74) is 0.721. The molecular weight excluding hydrogens is 332 g/mol. The molecule has 5 nitrogen and oxygen atoms in total. The normalized spacial score (nSPS) is 11.8. The summed E-state index contributed by atoms with van der Waals surface area (Å²) in [7, 11) is 2.84. The zero-order valence-electron chi connectivity index (χ0n) is 14.1. The molecule has 0 aliphatic rings. The van der Waals surface area contributed by atoms with E-state index >= 15 is 0 Å². The minimum atomic E-state index is -3.07. The molecule has 1 N–H and O–H groups in total. The minimum Gasteiger partial charge on any atom is -0.496 e. The van der Waals surface area contributed by atoms with Crippen LogP contribution in [0.5, 0.6) is 17.2 Å². The van der Waals surface area contributed by atoms with Crippen LogP contribution in [0.4, 0.5) is 8.78 Å². The van der Waals surface area contributed by atoms with Crippen molar-refractivity contribution in [2.24, 2.45) is 0 Å². The summed E-state index contributed by atoms with van der Waals surface area (Å²) in [6, 6.07) is 11.2. The van der Waals surface area contributed by atoms with Gasteiger partial charge in [0.2, 0.25) is 0 Å². The van der Waals surface area contributed by atoms with E-state index in [9.17, 15) is 13.6 Å². The van der Waals surface area contributed by atoms with Crippen molar-refractivity contribution >= 4 is 5.91 Å². The number of benzene rings is 2. The molecule has 25 heavy (non-hydrogen) atoms. The molecule has 0 bridgehead atoms. The lowest BCUT2D eigenvalue weighted by molar-refractivity contribution is -0.0515. The fourth-order valence-electron chi connectivity index (χ4n) is 2.44. The monoisotopic (exact) mass is 351 g/mol. The Hall–Kier alpha value is -2.83. The Balaban J connectivity index is 2.28. The molecule has 0 aliphatic carbocycles. The van der Waals surface area contributed by atoms with Crippen LogP contribution in [0.3, 0.4) is 0 Å². The first kappa shape index (κ1) is 18.5. The third-order valence-corrected chi connectivity index (χ3v) is 3.60. The van der Waals surface area contributed by atoms with Crippen molar-refractivity contribution in [1.29, 1.82) is 0 Å². The second kappa shape index (κ2) is 8.32. The molecule has 0 spiro atoms. The molecule has 7 heteroatoms. The summed E-state index contributed by atoms with van der Waals surface area (Å²) in [5, 5.41) is 2.75. The molecule has 134 valence electrons. The van der Waals surface area contributed by atoms with Gasteiger partial charge in [-0.2, -0.15) is 8.78 Å². The molecule has 1 atom stereocenters. The van der Waals surface area contributed by atoms with Crippen LogP contribution in [0.1, 0.15) is 28.9 Å². The summed E-state index contributed by atoms with van der Waals surface area (Å²) < 4.78 is 40.1. The zero-order chi connectivity index (χ0) is 18.4. The predicted molar refractivity (Wildman–Crippen MR) is 88.5 cm³/mol. The topological polar surface area (TPSA) is 56.8 Å². The molecule has 0 radical (unpaired) electrons. The van der Waals surface area contributed by atoms with Crippen LogP contribution in [0.2, 0.25) is 0 Å². The number of rotatable bonds is 7. The Labute approximate surface area is 144 Å². The van der Waals surface area contributed by atoms with Gasteiger partial charge in [0.15, 0.2) is 11.5 Å². The number of para-hydroxylation sites is 2. The lowest BCUT2D eigenvalue weighted by Gasteiger charge is -2.19. The number of ether oxygens (including phenoxy) is 3. The first-order valence-electron chi connectivity index (χ1n) is 7.53. The number of hydrogen-bond donors (Lipinski definition) is 1. The molecule has 0 heterocycles. The van der Waals surface area contributed by atoms with E-state index in [2.05, 4.69) is 10.1 Å². The highest BCUT2D eigenvalue weighted by Gasteiger charge is 2.22. The predicted octanol–water partition coefficient (Wildman–Crippen LogP) is 3.80. The van der Waals surface area contributed by atoms with Crippen LogP contribution in [0, 0.1) is 0 Å². The van der Waals surface area contributed by atoms with Crippen LogP contribution in [0.25, 0.3) is 0 Å². The summed E-state index contributed by atoms with van der Waals surface area (Å²) in [5.74, 6) is -0.194. The molecule has 1 unspecified atom stereocenters. The summed E-state index contributed by atoms with van der Waals surface area (Å²) >= 11 is 0. The highest BCUT2D eigenvalue weighted by Crippen LogP contribution is 2.33. The number of amides is 1. The molecule has 0 aromatic heterocycles. The fourth-order valence-corrected chi connectivity index (χ4v) is 2.44. The Kier molecular flexibility index (Phi) is 6.16. The van der Waals surface area contributed by atoms with E-state index in [0.717, 1.165) is 5.56 Å². The first-order chi connectivity index (χ1) is 12.0. The van der Waals surface area contributed by atoms with Gasteiger partial charge in [0.1, 0.15) is 5.75 Å². The number of carbonyl (C=O) groups excluding carboxylic acids is 1. The quantitative estimate of drug-likeness (QED) is 0.824. The van der Waals surface area contributed by atoms with Crippen LogP contribution >= 0.6 is 0 Å². The van der Waals surface area contributed by atoms with E-state index in [4.69, 9.17) is 9.47 Å². The molecule has 2 aromatic rings.